The van der Waals surface area contributed by atoms with Crippen LogP contribution in [0.3, 0.4) is 0 Å². The van der Waals surface area contributed by atoms with Crippen LogP contribution >= 0.6 is 0 Å². The van der Waals surface area contributed by atoms with E-state index in [0.717, 1.165) is 5.56 Å². The van der Waals surface area contributed by atoms with Gasteiger partial charge in [-0.2, -0.15) is 0 Å². The smallest absolute Gasteiger partial charge is 0.338 e. The summed E-state index contributed by atoms with van der Waals surface area (Å²) in [5, 5.41) is 14.5. The van der Waals surface area contributed by atoms with Crippen LogP contribution in [0.1, 0.15) is 22.8 Å². The van der Waals surface area contributed by atoms with Gasteiger partial charge in [0.2, 0.25) is 0 Å². The van der Waals surface area contributed by atoms with E-state index in [0.29, 0.717) is 30.0 Å². The maximum atomic E-state index is 12.1. The molecule has 2 aromatic carbocycles. The van der Waals surface area contributed by atoms with Gasteiger partial charge in [-0.05, 0) is 43.2 Å². The van der Waals surface area contributed by atoms with E-state index in [4.69, 9.17) is 9.84 Å². The van der Waals surface area contributed by atoms with Crippen LogP contribution in [0.25, 0.3) is 0 Å². The van der Waals surface area contributed by atoms with E-state index in [1.807, 2.05) is 12.1 Å². The summed E-state index contributed by atoms with van der Waals surface area (Å²) in [6.45, 7) is 2.03. The van der Waals surface area contributed by atoms with Gasteiger partial charge in [0.05, 0.1) is 12.2 Å². The Morgan fingerprint density at radius 3 is 2.62 bits per heavy atom. The number of carbonyl (C=O) groups is 2. The van der Waals surface area contributed by atoms with E-state index in [2.05, 4.69) is 10.6 Å². The van der Waals surface area contributed by atoms with E-state index in [1.165, 1.54) is 0 Å². The van der Waals surface area contributed by atoms with Crippen LogP contribution in [-0.2, 0) is 11.2 Å². The Bertz CT molecular complexity index is 716. The third-order valence-corrected chi connectivity index (χ3v) is 3.28. The molecule has 0 aliphatic rings. The number of amides is 2. The number of benzene rings is 2. The van der Waals surface area contributed by atoms with E-state index >= 15 is 0 Å². The molecule has 0 atom stereocenters. The number of anilines is 2. The molecular weight excluding hydrogens is 308 g/mol. The highest BCUT2D eigenvalue weighted by molar-refractivity contribution is 6.01. The molecule has 0 heterocycles. The maximum absolute atomic E-state index is 12.1. The van der Waals surface area contributed by atoms with Crippen molar-refractivity contribution < 1.29 is 19.4 Å². The van der Waals surface area contributed by atoms with Gasteiger partial charge < -0.3 is 20.5 Å². The minimum Gasteiger partial charge on any atom is -0.462 e. The molecule has 2 aromatic rings. The highest BCUT2D eigenvalue weighted by Crippen LogP contribution is 2.17. The largest absolute Gasteiger partial charge is 0.462 e. The average molecular weight is 328 g/mol. The first-order valence-corrected chi connectivity index (χ1v) is 7.68. The molecule has 0 spiro atoms. The van der Waals surface area contributed by atoms with Gasteiger partial charge in [0.25, 0.3) is 0 Å². The van der Waals surface area contributed by atoms with Crippen molar-refractivity contribution in [1.29, 1.82) is 0 Å². The normalized spacial score (nSPS) is 10.1. The van der Waals surface area contributed by atoms with E-state index in [-0.39, 0.29) is 6.61 Å². The number of nitrogens with one attached hydrogen (secondary N) is 2. The molecule has 0 fully saturated rings. The van der Waals surface area contributed by atoms with Crippen LogP contribution in [0.5, 0.6) is 0 Å². The summed E-state index contributed by atoms with van der Waals surface area (Å²) in [4.78, 5) is 23.9. The summed E-state index contributed by atoms with van der Waals surface area (Å²) in [7, 11) is 0. The number of ether oxygens (including phenoxy) is 1. The van der Waals surface area contributed by atoms with Crippen LogP contribution < -0.4 is 10.6 Å². The molecule has 0 aromatic heterocycles. The Morgan fingerprint density at radius 2 is 1.88 bits per heavy atom. The van der Waals surface area contributed by atoms with Gasteiger partial charge >= 0.3 is 12.0 Å². The second-order valence-corrected chi connectivity index (χ2v) is 5.01. The van der Waals surface area contributed by atoms with Gasteiger partial charge in [-0.1, -0.05) is 24.3 Å². The molecule has 6 nitrogen and oxygen atoms in total. The Morgan fingerprint density at radius 1 is 1.08 bits per heavy atom. The number of aliphatic hydroxyl groups excluding tert-OH is 1. The summed E-state index contributed by atoms with van der Waals surface area (Å²) in [6, 6.07) is 13.3. The standard InChI is InChI=1S/C18H20N2O4/c1-2-24-17(22)14-7-5-8-15(12-14)19-18(23)20-16-9-4-3-6-13(16)10-11-21/h3-9,12,21H,2,10-11H2,1H3,(H2,19,20,23). The highest BCUT2D eigenvalue weighted by atomic mass is 16.5. The number of aliphatic hydroxyl groups is 1. The minimum atomic E-state index is -0.435. The van der Waals surface area contributed by atoms with Gasteiger partial charge in [0, 0.05) is 18.0 Å². The van der Waals surface area contributed by atoms with Crippen LogP contribution in [0.2, 0.25) is 0 Å². The quantitative estimate of drug-likeness (QED) is 0.711. The molecule has 24 heavy (non-hydrogen) atoms. The number of esters is 1. The van der Waals surface area contributed by atoms with Crippen molar-refractivity contribution in [1.82, 2.24) is 0 Å². The van der Waals surface area contributed by atoms with Gasteiger partial charge in [0.15, 0.2) is 0 Å². The number of hydrogen-bond donors (Lipinski definition) is 3. The third kappa shape index (κ3) is 4.82. The first-order chi connectivity index (χ1) is 11.6. The predicted molar refractivity (Wildman–Crippen MR) is 92.3 cm³/mol. The number of para-hydroxylation sites is 1. The number of carbonyl (C=O) groups excluding carboxylic acids is 2. The fourth-order valence-electron chi connectivity index (χ4n) is 2.20. The second kappa shape index (κ2) is 8.69. The fraction of sp³-hybridized carbons (Fsp3) is 0.222. The molecule has 0 saturated heterocycles. The summed E-state index contributed by atoms with van der Waals surface area (Å²) in [6.07, 6.45) is 0.453. The zero-order valence-electron chi connectivity index (χ0n) is 13.4. The van der Waals surface area contributed by atoms with E-state index in [9.17, 15) is 9.59 Å². The Hall–Kier alpha value is -2.86. The Kier molecular flexibility index (Phi) is 6.33. The lowest BCUT2D eigenvalue weighted by Gasteiger charge is -2.12. The maximum Gasteiger partial charge on any atom is 0.338 e. The van der Waals surface area contributed by atoms with Crippen LogP contribution in [0.15, 0.2) is 48.5 Å². The van der Waals surface area contributed by atoms with Crippen molar-refractivity contribution in [3.05, 3.63) is 59.7 Å². The van der Waals surface area contributed by atoms with Crippen molar-refractivity contribution >= 4 is 23.4 Å². The molecular formula is C18H20N2O4. The predicted octanol–water partition coefficient (Wildman–Crippen LogP) is 3.04. The first kappa shape index (κ1) is 17.5. The molecule has 0 bridgehead atoms. The Balaban J connectivity index is 2.05. The first-order valence-electron chi connectivity index (χ1n) is 7.68. The van der Waals surface area contributed by atoms with Crippen LogP contribution in [-0.4, -0.2) is 30.3 Å². The van der Waals surface area contributed by atoms with Crippen LogP contribution in [0.4, 0.5) is 16.2 Å². The zero-order chi connectivity index (χ0) is 17.4. The summed E-state index contributed by atoms with van der Waals surface area (Å²) >= 11 is 0. The lowest BCUT2D eigenvalue weighted by atomic mass is 10.1. The van der Waals surface area contributed by atoms with Gasteiger partial charge in [-0.3, -0.25) is 0 Å². The number of hydrogen-bond acceptors (Lipinski definition) is 4. The molecule has 2 amide bonds. The molecule has 2 rings (SSSR count). The minimum absolute atomic E-state index is 0.00188. The monoisotopic (exact) mass is 328 g/mol. The van der Waals surface area contributed by atoms with E-state index in [1.54, 1.807) is 43.3 Å². The summed E-state index contributed by atoms with van der Waals surface area (Å²) in [5.41, 5.74) is 2.33. The van der Waals surface area contributed by atoms with Crippen molar-refractivity contribution in [3.8, 4) is 0 Å². The van der Waals surface area contributed by atoms with E-state index < -0.39 is 12.0 Å². The second-order valence-electron chi connectivity index (χ2n) is 5.01. The lowest BCUT2D eigenvalue weighted by molar-refractivity contribution is 0.0526. The van der Waals surface area contributed by atoms with Crippen molar-refractivity contribution in [2.45, 2.75) is 13.3 Å². The Labute approximate surface area is 140 Å². The summed E-state index contributed by atoms with van der Waals surface area (Å²) < 4.78 is 4.94. The van der Waals surface area contributed by atoms with Crippen molar-refractivity contribution in [2.24, 2.45) is 0 Å². The summed E-state index contributed by atoms with van der Waals surface area (Å²) in [5.74, 6) is -0.435. The van der Waals surface area contributed by atoms with Crippen LogP contribution in [0, 0.1) is 0 Å². The van der Waals surface area contributed by atoms with Crippen molar-refractivity contribution in [2.75, 3.05) is 23.8 Å². The SMILES string of the molecule is CCOC(=O)c1cccc(NC(=O)Nc2ccccc2CCO)c1. The number of rotatable bonds is 6. The zero-order valence-corrected chi connectivity index (χ0v) is 13.4. The van der Waals surface area contributed by atoms with Crippen molar-refractivity contribution in [3.63, 3.8) is 0 Å². The van der Waals surface area contributed by atoms with Gasteiger partial charge in [-0.25, -0.2) is 9.59 Å². The molecule has 0 aliphatic carbocycles. The highest BCUT2D eigenvalue weighted by Gasteiger charge is 2.10. The molecule has 3 N–H and O–H groups in total. The third-order valence-electron chi connectivity index (χ3n) is 3.28. The van der Waals surface area contributed by atoms with Gasteiger partial charge in [-0.15, -0.1) is 0 Å². The van der Waals surface area contributed by atoms with Gasteiger partial charge in [0.1, 0.15) is 0 Å². The molecule has 0 saturated carbocycles. The molecule has 0 aliphatic heterocycles. The average Bonchev–Trinajstić information content (AvgIpc) is 2.57. The number of urea groups is 1. The molecule has 6 heteroatoms. The fourth-order valence-corrected chi connectivity index (χ4v) is 2.20. The lowest BCUT2D eigenvalue weighted by Crippen LogP contribution is -2.20. The topological polar surface area (TPSA) is 87.7 Å². The molecule has 126 valence electrons. The molecule has 0 radical (unpaired) electrons. The molecule has 0 unspecified atom stereocenters.